The SMILES string of the molecule is Cc1ccccc1C(N)CC(=O)Oc1ccccc1NC(=O)Nc1ccc(-c2ccccc2)nn1. The number of para-hydroxylation sites is 2. The summed E-state index contributed by atoms with van der Waals surface area (Å²) in [6, 6.07) is 26.3. The largest absolute Gasteiger partial charge is 0.424 e. The van der Waals surface area contributed by atoms with Gasteiger partial charge in [-0.3, -0.25) is 10.1 Å². The molecule has 1 heterocycles. The zero-order valence-corrected chi connectivity index (χ0v) is 19.1. The molecule has 4 rings (SSSR count). The number of nitrogens with two attached hydrogens (primary N) is 1. The van der Waals surface area contributed by atoms with Crippen molar-refractivity contribution in [2.45, 2.75) is 19.4 Å². The topological polar surface area (TPSA) is 119 Å². The fourth-order valence-electron chi connectivity index (χ4n) is 3.55. The van der Waals surface area contributed by atoms with Gasteiger partial charge in [0.15, 0.2) is 11.6 Å². The van der Waals surface area contributed by atoms with Crippen molar-refractivity contribution in [2.24, 2.45) is 5.73 Å². The van der Waals surface area contributed by atoms with Crippen molar-refractivity contribution in [1.29, 1.82) is 0 Å². The average molecular weight is 468 g/mol. The van der Waals surface area contributed by atoms with Crippen LogP contribution in [0.4, 0.5) is 16.3 Å². The van der Waals surface area contributed by atoms with Gasteiger partial charge in [0.25, 0.3) is 0 Å². The fraction of sp³-hybridized carbons (Fsp3) is 0.111. The summed E-state index contributed by atoms with van der Waals surface area (Å²) in [6.07, 6.45) is -0.00522. The van der Waals surface area contributed by atoms with Crippen molar-refractivity contribution in [2.75, 3.05) is 10.6 Å². The number of rotatable bonds is 7. The quantitative estimate of drug-likeness (QED) is 0.257. The van der Waals surface area contributed by atoms with Crippen LogP contribution in [-0.4, -0.2) is 22.2 Å². The lowest BCUT2D eigenvalue weighted by Gasteiger charge is -2.15. The normalized spacial score (nSPS) is 11.4. The summed E-state index contributed by atoms with van der Waals surface area (Å²) < 4.78 is 5.50. The van der Waals surface area contributed by atoms with Crippen molar-refractivity contribution < 1.29 is 14.3 Å². The van der Waals surface area contributed by atoms with Gasteiger partial charge in [-0.2, -0.15) is 0 Å². The van der Waals surface area contributed by atoms with Crippen molar-refractivity contribution in [3.8, 4) is 17.0 Å². The van der Waals surface area contributed by atoms with Crippen LogP contribution in [0.5, 0.6) is 5.75 Å². The second-order valence-corrected chi connectivity index (χ2v) is 7.89. The highest BCUT2D eigenvalue weighted by molar-refractivity contribution is 6.00. The Balaban J connectivity index is 1.37. The molecule has 0 aliphatic carbocycles. The number of aryl methyl sites for hydroxylation is 1. The van der Waals surface area contributed by atoms with Crippen LogP contribution in [-0.2, 0) is 4.79 Å². The molecule has 0 radical (unpaired) electrons. The van der Waals surface area contributed by atoms with Crippen molar-refractivity contribution >= 4 is 23.5 Å². The summed E-state index contributed by atoms with van der Waals surface area (Å²) in [5.41, 5.74) is 10.0. The van der Waals surface area contributed by atoms with E-state index in [4.69, 9.17) is 10.5 Å². The van der Waals surface area contributed by atoms with Crippen LogP contribution in [0.15, 0.2) is 91.0 Å². The standard InChI is InChI=1S/C27H25N5O3/c1-18-9-5-6-12-20(18)21(28)17-26(33)35-24-14-8-7-13-23(24)29-27(34)30-25-16-15-22(31-32-25)19-10-3-2-4-11-19/h2-16,21H,17,28H2,1H3,(H2,29,30,32,34). The minimum absolute atomic E-state index is 0.00522. The Morgan fingerprint density at radius 2 is 1.57 bits per heavy atom. The lowest BCUT2D eigenvalue weighted by molar-refractivity contribution is -0.134. The van der Waals surface area contributed by atoms with E-state index in [1.165, 1.54) is 0 Å². The van der Waals surface area contributed by atoms with E-state index in [1.807, 2.05) is 61.5 Å². The Morgan fingerprint density at radius 1 is 0.857 bits per heavy atom. The Hall–Kier alpha value is -4.56. The second-order valence-electron chi connectivity index (χ2n) is 7.89. The molecule has 0 aliphatic rings. The van der Waals surface area contributed by atoms with Crippen molar-refractivity contribution in [1.82, 2.24) is 10.2 Å². The molecular weight excluding hydrogens is 442 g/mol. The lowest BCUT2D eigenvalue weighted by atomic mass is 10.00. The van der Waals surface area contributed by atoms with Gasteiger partial charge in [-0.05, 0) is 42.3 Å². The summed E-state index contributed by atoms with van der Waals surface area (Å²) in [6.45, 7) is 1.94. The maximum Gasteiger partial charge on any atom is 0.325 e. The molecule has 8 nitrogen and oxygen atoms in total. The summed E-state index contributed by atoms with van der Waals surface area (Å²) in [5, 5.41) is 13.5. The molecule has 0 spiro atoms. The van der Waals surface area contributed by atoms with E-state index in [9.17, 15) is 9.59 Å². The maximum atomic E-state index is 12.5. The van der Waals surface area contributed by atoms with Crippen molar-refractivity contribution in [3.63, 3.8) is 0 Å². The number of benzene rings is 3. The second kappa shape index (κ2) is 11.0. The molecule has 0 fully saturated rings. The van der Waals surface area contributed by atoms with Gasteiger partial charge in [-0.1, -0.05) is 66.7 Å². The molecule has 4 N–H and O–H groups in total. The summed E-state index contributed by atoms with van der Waals surface area (Å²) >= 11 is 0. The summed E-state index contributed by atoms with van der Waals surface area (Å²) in [7, 11) is 0. The molecule has 1 atom stereocenters. The van der Waals surface area contributed by atoms with E-state index < -0.39 is 18.0 Å². The first kappa shape index (κ1) is 23.6. The molecule has 1 unspecified atom stereocenters. The number of esters is 1. The van der Waals surface area contributed by atoms with Gasteiger partial charge < -0.3 is 15.8 Å². The first-order valence-corrected chi connectivity index (χ1v) is 11.1. The molecule has 0 saturated carbocycles. The van der Waals surface area contributed by atoms with Crippen LogP contribution in [0.25, 0.3) is 11.3 Å². The monoisotopic (exact) mass is 467 g/mol. The van der Waals surface area contributed by atoms with Gasteiger partial charge in [-0.15, -0.1) is 10.2 Å². The number of hydrogen-bond donors (Lipinski definition) is 3. The predicted octanol–water partition coefficient (Wildman–Crippen LogP) is 5.09. The number of carbonyl (C=O) groups is 2. The van der Waals surface area contributed by atoms with E-state index in [-0.39, 0.29) is 18.0 Å². The molecule has 0 aliphatic heterocycles. The van der Waals surface area contributed by atoms with Crippen LogP contribution in [0, 0.1) is 6.92 Å². The van der Waals surface area contributed by atoms with E-state index in [0.29, 0.717) is 11.4 Å². The summed E-state index contributed by atoms with van der Waals surface area (Å²) in [4.78, 5) is 25.1. The van der Waals surface area contributed by atoms with E-state index in [1.54, 1.807) is 36.4 Å². The van der Waals surface area contributed by atoms with E-state index in [0.717, 1.165) is 16.7 Å². The van der Waals surface area contributed by atoms with Crippen molar-refractivity contribution in [3.05, 3.63) is 102 Å². The molecule has 0 saturated heterocycles. The Morgan fingerprint density at radius 3 is 2.31 bits per heavy atom. The number of ether oxygens (including phenoxy) is 1. The fourth-order valence-corrected chi connectivity index (χ4v) is 3.55. The number of amides is 2. The Labute approximate surface area is 203 Å². The van der Waals surface area contributed by atoms with Gasteiger partial charge in [0.2, 0.25) is 0 Å². The highest BCUT2D eigenvalue weighted by Crippen LogP contribution is 2.26. The van der Waals surface area contributed by atoms with Gasteiger partial charge in [0.1, 0.15) is 0 Å². The zero-order valence-electron chi connectivity index (χ0n) is 19.1. The number of nitrogens with zero attached hydrogens (tertiary/aromatic N) is 2. The predicted molar refractivity (Wildman–Crippen MR) is 135 cm³/mol. The lowest BCUT2D eigenvalue weighted by Crippen LogP contribution is -2.22. The highest BCUT2D eigenvalue weighted by atomic mass is 16.5. The van der Waals surface area contributed by atoms with Gasteiger partial charge in [0.05, 0.1) is 17.8 Å². The van der Waals surface area contributed by atoms with Gasteiger partial charge >= 0.3 is 12.0 Å². The number of anilines is 2. The Bertz CT molecular complexity index is 1310. The van der Waals surface area contributed by atoms with Crippen LogP contribution in [0.1, 0.15) is 23.6 Å². The molecule has 176 valence electrons. The molecule has 2 amide bonds. The van der Waals surface area contributed by atoms with E-state index >= 15 is 0 Å². The molecule has 0 bridgehead atoms. The minimum Gasteiger partial charge on any atom is -0.424 e. The molecule has 8 heteroatoms. The number of urea groups is 1. The maximum absolute atomic E-state index is 12.5. The highest BCUT2D eigenvalue weighted by Gasteiger charge is 2.17. The van der Waals surface area contributed by atoms with Crippen LogP contribution >= 0.6 is 0 Å². The van der Waals surface area contributed by atoms with Crippen LogP contribution in [0.3, 0.4) is 0 Å². The zero-order chi connectivity index (χ0) is 24.6. The molecule has 35 heavy (non-hydrogen) atoms. The third-order valence-electron chi connectivity index (χ3n) is 5.31. The molecule has 1 aromatic heterocycles. The summed E-state index contributed by atoms with van der Waals surface area (Å²) in [5.74, 6) is -0.00576. The number of hydrogen-bond acceptors (Lipinski definition) is 6. The Kier molecular flexibility index (Phi) is 7.44. The molecule has 4 aromatic rings. The number of aromatic nitrogens is 2. The molecular formula is C27H25N5O3. The third kappa shape index (κ3) is 6.27. The van der Waals surface area contributed by atoms with Crippen LogP contribution in [0.2, 0.25) is 0 Å². The van der Waals surface area contributed by atoms with Gasteiger partial charge in [-0.25, -0.2) is 4.79 Å². The van der Waals surface area contributed by atoms with E-state index in [2.05, 4.69) is 20.8 Å². The average Bonchev–Trinajstić information content (AvgIpc) is 2.86. The van der Waals surface area contributed by atoms with Crippen LogP contribution < -0.4 is 21.1 Å². The van der Waals surface area contributed by atoms with Gasteiger partial charge in [0, 0.05) is 11.6 Å². The number of nitrogens with one attached hydrogen (secondary N) is 2. The minimum atomic E-state index is -0.549. The first-order valence-electron chi connectivity index (χ1n) is 11.1. The third-order valence-corrected chi connectivity index (χ3v) is 5.31. The first-order chi connectivity index (χ1) is 17.0. The number of carbonyl (C=O) groups excluding carboxylic acids is 2. The smallest absolute Gasteiger partial charge is 0.325 e. The molecule has 3 aromatic carbocycles.